The van der Waals surface area contributed by atoms with Crippen molar-refractivity contribution >= 4 is 23.2 Å². The Kier molecular flexibility index (Phi) is 6.99. The third kappa shape index (κ3) is 4.74. The Morgan fingerprint density at radius 3 is 2.45 bits per heavy atom. The molecule has 0 spiro atoms. The Morgan fingerprint density at radius 1 is 1.06 bits per heavy atom. The highest BCUT2D eigenvalue weighted by atomic mass is 32.1. The number of fused-ring (bicyclic) bond motifs is 1. The molecule has 2 heterocycles. The van der Waals surface area contributed by atoms with Gasteiger partial charge >= 0.3 is 0 Å². The summed E-state index contributed by atoms with van der Waals surface area (Å²) in [6.45, 7) is 8.88. The topological polar surface area (TPSA) is 40.6 Å². The molecule has 1 aromatic heterocycles. The quantitative estimate of drug-likeness (QED) is 0.477. The van der Waals surface area contributed by atoms with Crippen LogP contribution in [0, 0.1) is 6.92 Å². The maximum atomic E-state index is 13.7. The molecule has 5 heteroatoms. The standard InChI is InChI=1S/C28H32N2O2S/c1-5-21-10-12-22(13-11-21)28(32)30(19(2)3)18-26(31)29-16-14-25-24(15-17-33-25)27(29)23-9-7-6-8-20(23)4/h6-13,15,17,19,27H,5,14,16,18H2,1-4H3. The molecule has 0 fully saturated rings. The molecule has 0 saturated carbocycles. The van der Waals surface area contributed by atoms with Gasteiger partial charge in [0.1, 0.15) is 6.54 Å². The Hall–Kier alpha value is -2.92. The van der Waals surface area contributed by atoms with E-state index in [0.29, 0.717) is 12.1 Å². The number of nitrogens with zero attached hydrogens (tertiary/aromatic N) is 2. The zero-order valence-electron chi connectivity index (χ0n) is 19.9. The minimum Gasteiger partial charge on any atom is -0.330 e. The highest BCUT2D eigenvalue weighted by Crippen LogP contribution is 2.39. The molecular weight excluding hydrogens is 428 g/mol. The van der Waals surface area contributed by atoms with Crippen LogP contribution < -0.4 is 0 Å². The van der Waals surface area contributed by atoms with Crippen LogP contribution in [0.25, 0.3) is 0 Å². The summed E-state index contributed by atoms with van der Waals surface area (Å²) in [5.74, 6) is -0.103. The first-order chi connectivity index (χ1) is 15.9. The van der Waals surface area contributed by atoms with Crippen molar-refractivity contribution in [3.8, 4) is 0 Å². The van der Waals surface area contributed by atoms with E-state index in [1.54, 1.807) is 16.2 Å². The number of hydrogen-bond donors (Lipinski definition) is 0. The minimum atomic E-state index is -0.110. The van der Waals surface area contributed by atoms with Gasteiger partial charge in [-0.05, 0) is 79.4 Å². The molecule has 1 aliphatic heterocycles. The first-order valence-corrected chi connectivity index (χ1v) is 12.6. The number of amides is 2. The number of carbonyl (C=O) groups excluding carboxylic acids is 2. The van der Waals surface area contributed by atoms with Gasteiger partial charge in [-0.2, -0.15) is 0 Å². The van der Waals surface area contributed by atoms with Gasteiger partial charge < -0.3 is 9.80 Å². The van der Waals surface area contributed by atoms with Crippen LogP contribution in [-0.4, -0.2) is 40.7 Å². The zero-order chi connectivity index (χ0) is 23.5. The monoisotopic (exact) mass is 460 g/mol. The van der Waals surface area contributed by atoms with E-state index in [2.05, 4.69) is 37.4 Å². The molecule has 172 valence electrons. The lowest BCUT2D eigenvalue weighted by atomic mass is 9.90. The van der Waals surface area contributed by atoms with Gasteiger partial charge in [0.2, 0.25) is 5.91 Å². The van der Waals surface area contributed by atoms with Gasteiger partial charge in [-0.15, -0.1) is 11.3 Å². The summed E-state index contributed by atoms with van der Waals surface area (Å²) in [5.41, 5.74) is 5.36. The van der Waals surface area contributed by atoms with Crippen LogP contribution in [0.1, 0.15) is 64.3 Å². The van der Waals surface area contributed by atoms with Crippen molar-refractivity contribution in [2.75, 3.05) is 13.1 Å². The van der Waals surface area contributed by atoms with Crippen molar-refractivity contribution in [2.45, 2.75) is 52.6 Å². The third-order valence-electron chi connectivity index (χ3n) is 6.57. The van der Waals surface area contributed by atoms with Crippen LogP contribution in [-0.2, 0) is 17.6 Å². The van der Waals surface area contributed by atoms with Crippen molar-refractivity contribution in [1.82, 2.24) is 9.80 Å². The fourth-order valence-electron chi connectivity index (χ4n) is 4.59. The van der Waals surface area contributed by atoms with Crippen LogP contribution in [0.3, 0.4) is 0 Å². The summed E-state index contributed by atoms with van der Waals surface area (Å²) in [6, 6.07) is 18.0. The van der Waals surface area contributed by atoms with Gasteiger partial charge in [-0.1, -0.05) is 43.3 Å². The van der Waals surface area contributed by atoms with Crippen LogP contribution in [0.4, 0.5) is 0 Å². The molecule has 0 saturated heterocycles. The normalized spacial score (nSPS) is 15.4. The summed E-state index contributed by atoms with van der Waals surface area (Å²) in [5, 5.41) is 2.12. The lowest BCUT2D eigenvalue weighted by Gasteiger charge is -2.38. The number of hydrogen-bond acceptors (Lipinski definition) is 3. The molecule has 1 aliphatic rings. The molecule has 4 rings (SSSR count). The zero-order valence-corrected chi connectivity index (χ0v) is 20.7. The number of thiophene rings is 1. The highest BCUT2D eigenvalue weighted by Gasteiger charge is 2.35. The van der Waals surface area contributed by atoms with Gasteiger partial charge in [0, 0.05) is 23.0 Å². The molecule has 0 bridgehead atoms. The smallest absolute Gasteiger partial charge is 0.254 e. The summed E-state index contributed by atoms with van der Waals surface area (Å²) in [6.07, 6.45) is 1.79. The number of aryl methyl sites for hydroxylation is 2. The maximum absolute atomic E-state index is 13.7. The lowest BCUT2D eigenvalue weighted by Crippen LogP contribution is -2.48. The predicted molar refractivity (Wildman–Crippen MR) is 135 cm³/mol. The third-order valence-corrected chi connectivity index (χ3v) is 7.56. The fourth-order valence-corrected chi connectivity index (χ4v) is 5.49. The molecule has 2 aromatic carbocycles. The first kappa shape index (κ1) is 23.2. The van der Waals surface area contributed by atoms with E-state index in [0.717, 1.165) is 18.4 Å². The number of benzene rings is 2. The van der Waals surface area contributed by atoms with E-state index >= 15 is 0 Å². The van der Waals surface area contributed by atoms with E-state index in [4.69, 9.17) is 0 Å². The molecule has 3 aromatic rings. The van der Waals surface area contributed by atoms with Crippen molar-refractivity contribution in [2.24, 2.45) is 0 Å². The first-order valence-electron chi connectivity index (χ1n) is 11.7. The van der Waals surface area contributed by atoms with Crippen LogP contribution >= 0.6 is 11.3 Å². The van der Waals surface area contributed by atoms with E-state index in [-0.39, 0.29) is 30.4 Å². The maximum Gasteiger partial charge on any atom is 0.254 e. The van der Waals surface area contributed by atoms with E-state index in [1.165, 1.54) is 21.6 Å². The minimum absolute atomic E-state index is 0.00710. The van der Waals surface area contributed by atoms with Crippen molar-refractivity contribution in [3.05, 3.63) is 92.7 Å². The van der Waals surface area contributed by atoms with E-state index in [9.17, 15) is 9.59 Å². The largest absolute Gasteiger partial charge is 0.330 e. The van der Waals surface area contributed by atoms with Crippen molar-refractivity contribution < 1.29 is 9.59 Å². The lowest BCUT2D eigenvalue weighted by molar-refractivity contribution is -0.134. The van der Waals surface area contributed by atoms with Crippen LogP contribution in [0.2, 0.25) is 0 Å². The van der Waals surface area contributed by atoms with Crippen molar-refractivity contribution in [3.63, 3.8) is 0 Å². The Morgan fingerprint density at radius 2 is 1.79 bits per heavy atom. The molecule has 4 nitrogen and oxygen atoms in total. The van der Waals surface area contributed by atoms with Gasteiger partial charge in [0.15, 0.2) is 0 Å². The highest BCUT2D eigenvalue weighted by molar-refractivity contribution is 7.10. The summed E-state index contributed by atoms with van der Waals surface area (Å²) in [7, 11) is 0. The SMILES string of the molecule is CCc1ccc(C(=O)N(CC(=O)N2CCc3sccc3C2c2ccccc2C)C(C)C)cc1. The summed E-state index contributed by atoms with van der Waals surface area (Å²) >= 11 is 1.76. The average Bonchev–Trinajstić information content (AvgIpc) is 3.31. The van der Waals surface area contributed by atoms with Crippen LogP contribution in [0.15, 0.2) is 60.0 Å². The fraction of sp³-hybridized carbons (Fsp3) is 0.357. The molecular formula is C28H32N2O2S. The molecule has 0 aliphatic carbocycles. The Labute approximate surface area is 200 Å². The number of rotatable bonds is 6. The summed E-state index contributed by atoms with van der Waals surface area (Å²) in [4.78, 5) is 32.1. The van der Waals surface area contributed by atoms with Gasteiger partial charge in [-0.3, -0.25) is 9.59 Å². The van der Waals surface area contributed by atoms with Crippen molar-refractivity contribution in [1.29, 1.82) is 0 Å². The Balaban J connectivity index is 1.62. The van der Waals surface area contributed by atoms with Crippen LogP contribution in [0.5, 0.6) is 0 Å². The van der Waals surface area contributed by atoms with Gasteiger partial charge in [0.25, 0.3) is 5.91 Å². The van der Waals surface area contributed by atoms with E-state index < -0.39 is 0 Å². The molecule has 0 N–H and O–H groups in total. The molecule has 33 heavy (non-hydrogen) atoms. The molecule has 1 unspecified atom stereocenters. The summed E-state index contributed by atoms with van der Waals surface area (Å²) < 4.78 is 0. The molecule has 0 radical (unpaired) electrons. The van der Waals surface area contributed by atoms with E-state index in [1.807, 2.05) is 55.1 Å². The van der Waals surface area contributed by atoms with Gasteiger partial charge in [-0.25, -0.2) is 0 Å². The second-order valence-corrected chi connectivity index (χ2v) is 9.97. The molecule has 1 atom stereocenters. The average molecular weight is 461 g/mol. The molecule has 2 amide bonds. The Bertz CT molecular complexity index is 1130. The number of carbonyl (C=O) groups is 2. The second-order valence-electron chi connectivity index (χ2n) is 8.97. The predicted octanol–water partition coefficient (Wildman–Crippen LogP) is 5.64. The van der Waals surface area contributed by atoms with Gasteiger partial charge in [0.05, 0.1) is 6.04 Å². The second kappa shape index (κ2) is 9.92.